The van der Waals surface area contributed by atoms with Gasteiger partial charge in [0.25, 0.3) is 0 Å². The normalized spacial score (nSPS) is 14.0. The molecule has 2 aromatic rings. The highest BCUT2D eigenvalue weighted by atomic mass is 35.5. The SMILES string of the molecule is COC(=O)[C@](NC(C)=O)(Nc1nc2c(C)c(Cl)ccc2s1)C(F)(F)F. The number of halogens is 4. The minimum Gasteiger partial charge on any atom is -0.466 e. The Bertz CT molecular complexity index is 840. The Morgan fingerprint density at radius 3 is 2.48 bits per heavy atom. The Kier molecular flexibility index (Phi) is 5.14. The molecule has 0 saturated carbocycles. The first kappa shape index (κ1) is 19.3. The van der Waals surface area contributed by atoms with Gasteiger partial charge < -0.3 is 15.4 Å². The number of aryl methyl sites for hydroxylation is 1. The summed E-state index contributed by atoms with van der Waals surface area (Å²) in [4.78, 5) is 27.2. The Hall–Kier alpha value is -2.07. The summed E-state index contributed by atoms with van der Waals surface area (Å²) in [5.41, 5.74) is -2.48. The number of hydrogen-bond donors (Lipinski definition) is 2. The van der Waals surface area contributed by atoms with Crippen molar-refractivity contribution < 1.29 is 27.5 Å². The minimum atomic E-state index is -5.18. The van der Waals surface area contributed by atoms with E-state index in [1.54, 1.807) is 24.4 Å². The summed E-state index contributed by atoms with van der Waals surface area (Å²) in [6, 6.07) is 3.19. The van der Waals surface area contributed by atoms with Crippen molar-refractivity contribution in [1.29, 1.82) is 0 Å². The summed E-state index contributed by atoms with van der Waals surface area (Å²) in [5, 5.41) is 3.76. The topological polar surface area (TPSA) is 80.3 Å². The fraction of sp³-hybridized carbons (Fsp3) is 0.357. The molecule has 0 spiro atoms. The lowest BCUT2D eigenvalue weighted by atomic mass is 10.1. The van der Waals surface area contributed by atoms with E-state index in [2.05, 4.69) is 9.72 Å². The molecule has 0 aliphatic carbocycles. The predicted octanol–water partition coefficient (Wildman–Crippen LogP) is 3.24. The number of methoxy groups -OCH3 is 1. The molecule has 11 heteroatoms. The van der Waals surface area contributed by atoms with Gasteiger partial charge in [-0.25, -0.2) is 9.78 Å². The highest BCUT2D eigenvalue weighted by Gasteiger charge is 2.63. The Labute approximate surface area is 149 Å². The average Bonchev–Trinajstić information content (AvgIpc) is 2.91. The molecular weight excluding hydrogens is 383 g/mol. The van der Waals surface area contributed by atoms with E-state index in [0.29, 0.717) is 20.8 Å². The first-order chi connectivity index (χ1) is 11.5. The highest BCUT2D eigenvalue weighted by molar-refractivity contribution is 7.22. The number of amides is 1. The zero-order chi connectivity index (χ0) is 19.0. The van der Waals surface area contributed by atoms with Gasteiger partial charge in [0.1, 0.15) is 0 Å². The van der Waals surface area contributed by atoms with E-state index >= 15 is 0 Å². The van der Waals surface area contributed by atoms with Crippen LogP contribution >= 0.6 is 22.9 Å². The van der Waals surface area contributed by atoms with Gasteiger partial charge in [-0.1, -0.05) is 22.9 Å². The van der Waals surface area contributed by atoms with E-state index in [1.165, 1.54) is 0 Å². The third-order valence-corrected chi connectivity index (χ3v) is 4.67. The number of fused-ring (bicyclic) bond motifs is 1. The molecule has 0 saturated heterocycles. The fourth-order valence-corrected chi connectivity index (χ4v) is 3.26. The van der Waals surface area contributed by atoms with E-state index in [1.807, 2.05) is 5.32 Å². The maximum atomic E-state index is 13.6. The van der Waals surface area contributed by atoms with Crippen molar-refractivity contribution in [2.75, 3.05) is 12.4 Å². The van der Waals surface area contributed by atoms with E-state index in [4.69, 9.17) is 11.6 Å². The second-order valence-corrected chi connectivity index (χ2v) is 6.52. The number of nitrogens with one attached hydrogen (secondary N) is 2. The molecule has 1 aromatic heterocycles. The Balaban J connectivity index is 2.58. The van der Waals surface area contributed by atoms with Crippen molar-refractivity contribution in [3.8, 4) is 0 Å². The number of esters is 1. The quantitative estimate of drug-likeness (QED) is 0.613. The summed E-state index contributed by atoms with van der Waals surface area (Å²) in [5.74, 6) is -2.79. The number of alkyl halides is 3. The number of carbonyl (C=O) groups is 2. The van der Waals surface area contributed by atoms with Crippen LogP contribution in [0.2, 0.25) is 5.02 Å². The van der Waals surface area contributed by atoms with E-state index in [9.17, 15) is 22.8 Å². The zero-order valence-corrected chi connectivity index (χ0v) is 14.8. The van der Waals surface area contributed by atoms with Crippen molar-refractivity contribution in [2.24, 2.45) is 0 Å². The van der Waals surface area contributed by atoms with Gasteiger partial charge in [-0.2, -0.15) is 13.2 Å². The number of anilines is 1. The van der Waals surface area contributed by atoms with Crippen LogP contribution in [0.4, 0.5) is 18.3 Å². The third kappa shape index (κ3) is 3.49. The van der Waals surface area contributed by atoms with Crippen molar-refractivity contribution in [1.82, 2.24) is 10.3 Å². The number of hydrogen-bond acceptors (Lipinski definition) is 6. The number of carbonyl (C=O) groups excluding carboxylic acids is 2. The Morgan fingerprint density at radius 1 is 1.32 bits per heavy atom. The zero-order valence-electron chi connectivity index (χ0n) is 13.2. The monoisotopic (exact) mass is 395 g/mol. The maximum absolute atomic E-state index is 13.6. The van der Waals surface area contributed by atoms with Crippen LogP contribution in [-0.2, 0) is 14.3 Å². The molecule has 0 fully saturated rings. The molecule has 2 rings (SSSR count). The summed E-state index contributed by atoms with van der Waals surface area (Å²) in [7, 11) is 0.786. The number of ether oxygens (including phenoxy) is 1. The lowest BCUT2D eigenvalue weighted by molar-refractivity contribution is -0.206. The van der Waals surface area contributed by atoms with Crippen LogP contribution in [0.3, 0.4) is 0 Å². The van der Waals surface area contributed by atoms with Gasteiger partial charge in [-0.15, -0.1) is 0 Å². The molecule has 1 aromatic carbocycles. The molecule has 1 amide bonds. The van der Waals surface area contributed by atoms with E-state index < -0.39 is 23.7 Å². The molecule has 1 atom stereocenters. The van der Waals surface area contributed by atoms with Crippen LogP contribution in [-0.4, -0.2) is 35.8 Å². The van der Waals surface area contributed by atoms with Crippen LogP contribution in [0.25, 0.3) is 10.2 Å². The maximum Gasteiger partial charge on any atom is 0.442 e. The molecule has 1 heterocycles. The van der Waals surface area contributed by atoms with Crippen LogP contribution in [0.1, 0.15) is 12.5 Å². The van der Waals surface area contributed by atoms with Gasteiger partial charge in [0.15, 0.2) is 5.13 Å². The van der Waals surface area contributed by atoms with Crippen molar-refractivity contribution >= 4 is 50.2 Å². The van der Waals surface area contributed by atoms with Gasteiger partial charge in [-0.3, -0.25) is 4.79 Å². The summed E-state index contributed by atoms with van der Waals surface area (Å²) in [6.07, 6.45) is -5.18. The number of rotatable bonds is 4. The number of aromatic nitrogens is 1. The lowest BCUT2D eigenvalue weighted by Gasteiger charge is -2.33. The number of benzene rings is 1. The number of nitrogens with zero attached hydrogens (tertiary/aromatic N) is 1. The largest absolute Gasteiger partial charge is 0.466 e. The second kappa shape index (κ2) is 6.68. The molecule has 6 nitrogen and oxygen atoms in total. The lowest BCUT2D eigenvalue weighted by Crippen LogP contribution is -2.69. The van der Waals surface area contributed by atoms with Crippen molar-refractivity contribution in [3.63, 3.8) is 0 Å². The second-order valence-electron chi connectivity index (χ2n) is 5.08. The molecule has 2 N–H and O–H groups in total. The predicted molar refractivity (Wildman–Crippen MR) is 87.6 cm³/mol. The summed E-state index contributed by atoms with van der Waals surface area (Å²) < 4.78 is 45.7. The standard InChI is InChI=1S/C14H13ClF3N3O3S/c1-6-8(15)4-5-9-10(6)19-12(25-9)21-13(11(23)24-3,14(16,17)18)20-7(2)22/h4-5H,1-3H3,(H,19,21)(H,20,22)/t13-/m0/s1. The minimum absolute atomic E-state index is 0.225. The van der Waals surface area contributed by atoms with Crippen LogP contribution in [0.15, 0.2) is 12.1 Å². The van der Waals surface area contributed by atoms with Crippen molar-refractivity contribution in [3.05, 3.63) is 22.7 Å². The van der Waals surface area contributed by atoms with Gasteiger partial charge in [0, 0.05) is 11.9 Å². The molecular formula is C14H13ClF3N3O3S. The molecule has 136 valence electrons. The fourth-order valence-electron chi connectivity index (χ4n) is 2.12. The van der Waals surface area contributed by atoms with Crippen molar-refractivity contribution in [2.45, 2.75) is 25.7 Å². The van der Waals surface area contributed by atoms with Gasteiger partial charge in [0.2, 0.25) is 5.91 Å². The highest BCUT2D eigenvalue weighted by Crippen LogP contribution is 2.37. The summed E-state index contributed by atoms with van der Waals surface area (Å²) in [6.45, 7) is 2.52. The molecule has 25 heavy (non-hydrogen) atoms. The molecule has 0 bridgehead atoms. The van der Waals surface area contributed by atoms with E-state index in [0.717, 1.165) is 25.4 Å². The number of thiazole rings is 1. The molecule has 0 unspecified atom stereocenters. The van der Waals surface area contributed by atoms with Gasteiger partial charge in [-0.05, 0) is 24.6 Å². The molecule has 0 aliphatic heterocycles. The van der Waals surface area contributed by atoms with Crippen LogP contribution < -0.4 is 10.6 Å². The third-order valence-electron chi connectivity index (χ3n) is 3.32. The first-order valence-corrected chi connectivity index (χ1v) is 7.99. The van der Waals surface area contributed by atoms with Crippen LogP contribution in [0.5, 0.6) is 0 Å². The molecule has 0 aliphatic rings. The van der Waals surface area contributed by atoms with Gasteiger partial charge in [0.05, 0.1) is 17.3 Å². The first-order valence-electron chi connectivity index (χ1n) is 6.79. The smallest absolute Gasteiger partial charge is 0.442 e. The average molecular weight is 396 g/mol. The molecule has 0 radical (unpaired) electrons. The van der Waals surface area contributed by atoms with Gasteiger partial charge >= 0.3 is 17.8 Å². The van der Waals surface area contributed by atoms with E-state index in [-0.39, 0.29) is 5.13 Å². The summed E-state index contributed by atoms with van der Waals surface area (Å²) >= 11 is 6.86. The van der Waals surface area contributed by atoms with Crippen LogP contribution in [0, 0.1) is 6.92 Å². The Morgan fingerprint density at radius 2 is 1.96 bits per heavy atom.